The molecule has 0 unspecified atom stereocenters. The van der Waals surface area contributed by atoms with Crippen LogP contribution in [0.1, 0.15) is 13.3 Å². The lowest BCUT2D eigenvalue weighted by Crippen LogP contribution is -2.74. The zero-order valence-electron chi connectivity index (χ0n) is 4.01. The largest absolute Gasteiger partial charge is 0.916 e. The molecule has 3 rings (SSSR count). The van der Waals surface area contributed by atoms with Crippen LogP contribution in [0.15, 0.2) is 0 Å². The lowest BCUT2D eigenvalue weighted by Gasteiger charge is -2.56. The van der Waals surface area contributed by atoms with E-state index in [-0.39, 0.29) is 0 Å². The summed E-state index contributed by atoms with van der Waals surface area (Å²) in [5.41, 5.74) is 0. The van der Waals surface area contributed by atoms with Crippen LogP contribution >= 0.6 is 0 Å². The molecule has 0 N–H and O–H groups in total. The molecule has 0 aromatic heterocycles. The van der Waals surface area contributed by atoms with Gasteiger partial charge in [-0.05, 0) is 0 Å². The Balaban J connectivity index is 2.03. The second-order valence-electron chi connectivity index (χ2n) is 1.68. The van der Waals surface area contributed by atoms with E-state index in [9.17, 15) is 0 Å². The molecule has 3 aliphatic heterocycles. The van der Waals surface area contributed by atoms with E-state index in [1.54, 1.807) is 0 Å². The summed E-state index contributed by atoms with van der Waals surface area (Å²) in [6.07, 6.45) is 0.816. The van der Waals surface area contributed by atoms with Crippen molar-refractivity contribution in [2.45, 2.75) is 19.3 Å². The summed E-state index contributed by atoms with van der Waals surface area (Å²) in [5.74, 6) is -0.531. The third-order valence-electron chi connectivity index (χ3n) is 1.26. The molecule has 0 radical (unpaired) electrons. The zero-order valence-corrected chi connectivity index (χ0v) is 5.16. The average molecular weight is 116 g/mol. The first-order chi connectivity index (χ1) is 3.35. The van der Waals surface area contributed by atoms with Crippen molar-refractivity contribution in [1.29, 1.82) is 0 Å². The highest BCUT2D eigenvalue weighted by Crippen LogP contribution is 2.43. The maximum Gasteiger partial charge on any atom is 0.916 e. The molecule has 3 heterocycles. The lowest BCUT2D eigenvalue weighted by atomic mass is 10.4. The quantitative estimate of drug-likeness (QED) is 0.455. The van der Waals surface area contributed by atoms with E-state index in [2.05, 4.69) is 0 Å². The van der Waals surface area contributed by atoms with Crippen molar-refractivity contribution in [3.8, 4) is 0 Å². The summed E-state index contributed by atoms with van der Waals surface area (Å²) >= 11 is -1.41. The Morgan fingerprint density at radius 3 is 2.00 bits per heavy atom. The molecule has 3 saturated heterocycles. The molecule has 0 spiro atoms. The molecule has 3 nitrogen and oxygen atoms in total. The fraction of sp³-hybridized carbons (Fsp3) is 1.00. The third-order valence-corrected chi connectivity index (χ3v) is 2.92. The Labute approximate surface area is 46.6 Å². The van der Waals surface area contributed by atoms with Crippen molar-refractivity contribution < 1.29 is 11.4 Å². The summed E-state index contributed by atoms with van der Waals surface area (Å²) in [4.78, 5) is 0. The van der Waals surface area contributed by atoms with Crippen molar-refractivity contribution in [3.05, 3.63) is 0 Å². The second kappa shape index (κ2) is 1.04. The fourth-order valence-corrected chi connectivity index (χ4v) is 2.15. The second-order valence-corrected chi connectivity index (χ2v) is 2.96. The van der Waals surface area contributed by atoms with Crippen molar-refractivity contribution in [3.63, 3.8) is 0 Å². The van der Waals surface area contributed by atoms with Crippen molar-refractivity contribution >= 4 is 15.1 Å². The monoisotopic (exact) mass is 116 g/mol. The minimum atomic E-state index is -1.41. The highest BCUT2D eigenvalue weighted by molar-refractivity contribution is 6.43. The highest BCUT2D eigenvalue weighted by atomic mass is 27.3. The fourth-order valence-electron chi connectivity index (χ4n) is 0.716. The van der Waals surface area contributed by atoms with Gasteiger partial charge in [-0.15, -0.1) is 0 Å². The third kappa shape index (κ3) is 0.368. The molecule has 0 atom stereocenters. The van der Waals surface area contributed by atoms with Crippen LogP contribution in [0, 0.1) is 0 Å². The van der Waals surface area contributed by atoms with Gasteiger partial charge in [0, 0.05) is 6.42 Å². The van der Waals surface area contributed by atoms with Crippen molar-refractivity contribution in [2.75, 3.05) is 0 Å². The van der Waals surface area contributed by atoms with Crippen LogP contribution in [-0.2, 0) is 11.4 Å². The molecular formula is C3H5AlO3. The molecule has 7 heavy (non-hydrogen) atoms. The maximum atomic E-state index is 5.06. The van der Waals surface area contributed by atoms with Crippen LogP contribution in [0.4, 0.5) is 0 Å². The van der Waals surface area contributed by atoms with E-state index in [0.717, 1.165) is 6.42 Å². The predicted molar refractivity (Wildman–Crippen MR) is 22.0 cm³/mol. The minimum Gasteiger partial charge on any atom is -0.409 e. The van der Waals surface area contributed by atoms with Crippen molar-refractivity contribution in [1.82, 2.24) is 0 Å². The average Bonchev–Trinajstić information content (AvgIpc) is 1.25. The van der Waals surface area contributed by atoms with Crippen molar-refractivity contribution in [2.24, 2.45) is 0 Å². The molecule has 3 fully saturated rings. The summed E-state index contributed by atoms with van der Waals surface area (Å²) in [5, 5.41) is 0. The molecular weight excluding hydrogens is 111 g/mol. The van der Waals surface area contributed by atoms with Gasteiger partial charge in [0.05, 0.1) is 0 Å². The first kappa shape index (κ1) is 4.31. The van der Waals surface area contributed by atoms with E-state index in [1.807, 2.05) is 6.92 Å². The van der Waals surface area contributed by atoms with E-state index < -0.39 is 21.1 Å². The van der Waals surface area contributed by atoms with Gasteiger partial charge in [-0.25, -0.2) is 0 Å². The molecule has 0 amide bonds. The maximum absolute atomic E-state index is 5.06. The van der Waals surface area contributed by atoms with Crippen LogP contribution in [0.3, 0.4) is 0 Å². The Kier molecular flexibility index (Phi) is 0.642. The lowest BCUT2D eigenvalue weighted by molar-refractivity contribution is -0.462. The Hall–Kier alpha value is 0.412. The summed E-state index contributed by atoms with van der Waals surface area (Å²) in [6.45, 7) is 1.98. The molecule has 3 aliphatic rings. The van der Waals surface area contributed by atoms with Gasteiger partial charge in [-0.3, -0.25) is 0 Å². The molecule has 0 aromatic rings. The molecule has 0 aliphatic carbocycles. The van der Waals surface area contributed by atoms with E-state index >= 15 is 0 Å². The molecule has 0 aromatic carbocycles. The van der Waals surface area contributed by atoms with Crippen LogP contribution in [-0.4, -0.2) is 21.1 Å². The van der Waals surface area contributed by atoms with Gasteiger partial charge < -0.3 is 11.4 Å². The van der Waals surface area contributed by atoms with Gasteiger partial charge in [0.25, 0.3) is 0 Å². The Bertz CT molecular complexity index is 81.3. The molecule has 2 bridgehead atoms. The first-order valence-electron chi connectivity index (χ1n) is 2.38. The van der Waals surface area contributed by atoms with Gasteiger partial charge >= 0.3 is 15.1 Å². The minimum absolute atomic E-state index is 0.531. The number of rotatable bonds is 1. The van der Waals surface area contributed by atoms with E-state index in [4.69, 9.17) is 11.4 Å². The Morgan fingerprint density at radius 2 is 2.00 bits per heavy atom. The van der Waals surface area contributed by atoms with Gasteiger partial charge in [0.15, 0.2) is 0 Å². The van der Waals surface area contributed by atoms with Crippen LogP contribution < -0.4 is 0 Å². The van der Waals surface area contributed by atoms with Crippen LogP contribution in [0.2, 0.25) is 0 Å². The zero-order chi connectivity index (χ0) is 4.91. The topological polar surface area (TPSA) is 27.7 Å². The summed E-state index contributed by atoms with van der Waals surface area (Å²) < 4.78 is 15.2. The molecule has 0 saturated carbocycles. The standard InChI is InChI=1S/C3H5O3.Al/c1-2-3(4,5)6;/h2H2,1H3;/q-3;+3. The van der Waals surface area contributed by atoms with Gasteiger partial charge in [0.2, 0.25) is 5.97 Å². The number of hydrogen-bond acceptors (Lipinski definition) is 3. The van der Waals surface area contributed by atoms with Gasteiger partial charge in [-0.2, -0.15) is 0 Å². The normalized spacial score (nSPS) is 31.3. The number of hydrogen-bond donors (Lipinski definition) is 0. The summed E-state index contributed by atoms with van der Waals surface area (Å²) in [6, 6.07) is 0. The first-order valence-corrected chi connectivity index (χ1v) is 3.79. The van der Waals surface area contributed by atoms with E-state index in [1.165, 1.54) is 0 Å². The van der Waals surface area contributed by atoms with E-state index in [0.29, 0.717) is 0 Å². The van der Waals surface area contributed by atoms with Gasteiger partial charge in [-0.1, -0.05) is 6.92 Å². The van der Waals surface area contributed by atoms with Crippen LogP contribution in [0.25, 0.3) is 0 Å². The summed E-state index contributed by atoms with van der Waals surface area (Å²) in [7, 11) is 0. The highest BCUT2D eigenvalue weighted by Gasteiger charge is 2.71. The smallest absolute Gasteiger partial charge is 0.409 e. The Morgan fingerprint density at radius 1 is 1.43 bits per heavy atom. The molecule has 4 heteroatoms. The van der Waals surface area contributed by atoms with Gasteiger partial charge in [0.1, 0.15) is 0 Å². The molecule has 38 valence electrons. The van der Waals surface area contributed by atoms with Crippen LogP contribution in [0.5, 0.6) is 0 Å². The predicted octanol–water partition coefficient (Wildman–Crippen LogP) is 0.112. The SMILES string of the molecule is CCC12[O][Al]([O]1)[O]2.